The van der Waals surface area contributed by atoms with Gasteiger partial charge in [0.2, 0.25) is 0 Å². The molecular formula is C18H39N5O7Si. The van der Waals surface area contributed by atoms with Crippen LogP contribution < -0.4 is 16.9 Å². The molecule has 0 aromatic heterocycles. The first-order valence-electron chi connectivity index (χ1n) is 10.0. The normalized spacial score (nSPS) is 14.8. The molecule has 1 atom stereocenters. The van der Waals surface area contributed by atoms with Crippen LogP contribution in [0, 0.1) is 10.1 Å². The lowest BCUT2D eigenvalue weighted by molar-refractivity contribution is -0.525. The van der Waals surface area contributed by atoms with Crippen molar-refractivity contribution in [1.29, 1.82) is 0 Å². The highest BCUT2D eigenvalue weighted by atomic mass is 28.4. The molecule has 0 heterocycles. The zero-order valence-electron chi connectivity index (χ0n) is 20.1. The molecule has 0 aromatic rings. The molecule has 0 aliphatic heterocycles. The molecular weight excluding hydrogens is 426 g/mol. The molecule has 31 heavy (non-hydrogen) atoms. The fourth-order valence-electron chi connectivity index (χ4n) is 2.21. The number of rotatable bonds is 10. The average molecular weight is 466 g/mol. The Bertz CT molecular complexity index is 598. The van der Waals surface area contributed by atoms with Crippen molar-refractivity contribution < 1.29 is 27.5 Å². The van der Waals surface area contributed by atoms with Gasteiger partial charge < -0.3 is 29.2 Å². The molecule has 0 saturated heterocycles. The summed E-state index contributed by atoms with van der Waals surface area (Å²) in [5.74, 6) is -1.06. The first kappa shape index (κ1) is 29.2. The Morgan fingerprint density at radius 1 is 1.03 bits per heavy atom. The maximum atomic E-state index is 12.8. The third-order valence-corrected chi connectivity index (χ3v) is 6.02. The maximum Gasteiger partial charge on any atom is 0.752 e. The van der Waals surface area contributed by atoms with E-state index in [0.717, 1.165) is 0 Å². The number of hydrazine groups is 1. The van der Waals surface area contributed by atoms with Gasteiger partial charge in [-0.2, -0.15) is 0 Å². The molecule has 13 heteroatoms. The number of hydrogen-bond donors (Lipinski definition) is 3. The number of hydrogen-bond acceptors (Lipinski definition) is 9. The summed E-state index contributed by atoms with van der Waals surface area (Å²) in [6, 6.07) is -0.998. The van der Waals surface area contributed by atoms with Crippen LogP contribution in [0.5, 0.6) is 0 Å². The third-order valence-electron chi connectivity index (χ3n) is 2.98. The molecule has 0 rings (SSSR count). The Morgan fingerprint density at radius 2 is 1.45 bits per heavy atom. The largest absolute Gasteiger partial charge is 0.752 e. The van der Waals surface area contributed by atoms with Crippen molar-refractivity contribution in [3.05, 3.63) is 10.1 Å². The second kappa shape index (κ2) is 11.2. The Kier molecular flexibility index (Phi) is 10.5. The topological polar surface area (TPSA) is 174 Å². The summed E-state index contributed by atoms with van der Waals surface area (Å²) in [5.41, 5.74) is 10.9. The van der Waals surface area contributed by atoms with Crippen LogP contribution in [-0.4, -0.2) is 55.4 Å². The van der Waals surface area contributed by atoms with Crippen LogP contribution in [0.4, 0.5) is 0 Å². The summed E-state index contributed by atoms with van der Waals surface area (Å²) in [6.45, 7) is 16.4. The highest BCUT2D eigenvalue weighted by molar-refractivity contribution is 6.56. The Balaban J connectivity index is 5.38. The first-order chi connectivity index (χ1) is 13.7. The van der Waals surface area contributed by atoms with E-state index in [0.29, 0.717) is 6.42 Å². The first-order valence-corrected chi connectivity index (χ1v) is 11.7. The molecule has 0 bridgehead atoms. The summed E-state index contributed by atoms with van der Waals surface area (Å²) in [4.78, 5) is 26.8. The molecule has 0 aromatic carbocycles. The van der Waals surface area contributed by atoms with Gasteiger partial charge in [0, 0.05) is 6.54 Å². The van der Waals surface area contributed by atoms with E-state index in [1.165, 1.54) is 0 Å². The van der Waals surface area contributed by atoms with Crippen LogP contribution in [0.2, 0.25) is 0 Å². The molecule has 0 unspecified atom stereocenters. The highest BCUT2D eigenvalue weighted by Gasteiger charge is 2.58. The smallest absolute Gasteiger partial charge is 0.451 e. The predicted octanol–water partition coefficient (Wildman–Crippen LogP) is 1.61. The molecule has 5 N–H and O–H groups in total. The van der Waals surface area contributed by atoms with E-state index in [2.05, 4.69) is 4.99 Å². The second-order valence-electron chi connectivity index (χ2n) is 9.95. The van der Waals surface area contributed by atoms with Crippen molar-refractivity contribution in [3.8, 4) is 0 Å². The number of carbonyl (C=O) groups excluding carboxylic acids is 1. The number of nitro groups is 1. The van der Waals surface area contributed by atoms with Gasteiger partial charge in [-0.05, 0) is 75.2 Å². The standard InChI is InChI=1S/C18H39N5O7Si/c1-16(2,3)28-31(29-17(4,5)6,30-18(7,8)9)27-14(24)13(19)11-10-12-21-15(20)22-23(25)26/h13H,10-12,19H2,1-9H3,(H3,20,21,22)/t13-/m0/s1. The van der Waals surface area contributed by atoms with Gasteiger partial charge in [-0.3, -0.25) is 4.79 Å². The minimum Gasteiger partial charge on any atom is -0.451 e. The van der Waals surface area contributed by atoms with E-state index in [9.17, 15) is 14.9 Å². The number of aliphatic imine (C=N–C) groups is 1. The van der Waals surface area contributed by atoms with E-state index >= 15 is 0 Å². The zero-order chi connectivity index (χ0) is 24.7. The van der Waals surface area contributed by atoms with Crippen molar-refractivity contribution in [1.82, 2.24) is 5.43 Å². The van der Waals surface area contributed by atoms with Crippen molar-refractivity contribution in [2.24, 2.45) is 16.5 Å². The average Bonchev–Trinajstić information content (AvgIpc) is 2.44. The van der Waals surface area contributed by atoms with Gasteiger partial charge in [-0.15, -0.1) is 0 Å². The van der Waals surface area contributed by atoms with E-state index < -0.39 is 42.9 Å². The van der Waals surface area contributed by atoms with Gasteiger partial charge in [0.05, 0.1) is 16.8 Å². The number of nitrogens with one attached hydrogen (secondary N) is 1. The third kappa shape index (κ3) is 14.8. The van der Waals surface area contributed by atoms with Crippen LogP contribution in [0.1, 0.15) is 75.2 Å². The molecule has 0 fully saturated rings. The van der Waals surface area contributed by atoms with Crippen LogP contribution in [0.15, 0.2) is 4.99 Å². The van der Waals surface area contributed by atoms with Crippen molar-refractivity contribution >= 4 is 21.0 Å². The van der Waals surface area contributed by atoms with Crippen molar-refractivity contribution in [2.45, 2.75) is 98.0 Å². The van der Waals surface area contributed by atoms with Gasteiger partial charge in [0.1, 0.15) is 6.04 Å². The van der Waals surface area contributed by atoms with Gasteiger partial charge >= 0.3 is 15.0 Å². The van der Waals surface area contributed by atoms with Crippen LogP contribution in [0.25, 0.3) is 0 Å². The summed E-state index contributed by atoms with van der Waals surface area (Å²) in [5, 5.41) is 9.48. The summed E-state index contributed by atoms with van der Waals surface area (Å²) in [6.07, 6.45) is 0.560. The lowest BCUT2D eigenvalue weighted by Crippen LogP contribution is -2.61. The molecule has 12 nitrogen and oxygen atoms in total. The maximum absolute atomic E-state index is 12.8. The molecule has 0 spiro atoms. The summed E-state index contributed by atoms with van der Waals surface area (Å²) in [7, 11) is -3.97. The Labute approximate surface area is 185 Å². The lowest BCUT2D eigenvalue weighted by atomic mass is 10.2. The molecule has 0 aliphatic carbocycles. The summed E-state index contributed by atoms with van der Waals surface area (Å²) >= 11 is 0. The molecule has 0 aliphatic rings. The van der Waals surface area contributed by atoms with E-state index in [1.54, 1.807) is 5.43 Å². The highest BCUT2D eigenvalue weighted by Crippen LogP contribution is 2.30. The van der Waals surface area contributed by atoms with Crippen molar-refractivity contribution in [2.75, 3.05) is 6.54 Å². The monoisotopic (exact) mass is 465 g/mol. The Morgan fingerprint density at radius 3 is 1.81 bits per heavy atom. The van der Waals surface area contributed by atoms with E-state index in [-0.39, 0.29) is 18.9 Å². The fourth-order valence-corrected chi connectivity index (χ4v) is 5.10. The molecule has 0 radical (unpaired) electrons. The van der Waals surface area contributed by atoms with Crippen LogP contribution >= 0.6 is 0 Å². The quantitative estimate of drug-likeness (QED) is 0.107. The van der Waals surface area contributed by atoms with E-state index in [1.807, 2.05) is 62.3 Å². The Hall–Kier alpha value is -1.80. The number of carbonyl (C=O) groups is 1. The molecule has 182 valence electrons. The zero-order valence-corrected chi connectivity index (χ0v) is 21.1. The number of guanidine groups is 1. The van der Waals surface area contributed by atoms with Crippen LogP contribution in [0.3, 0.4) is 0 Å². The summed E-state index contributed by atoms with van der Waals surface area (Å²) < 4.78 is 23.9. The van der Waals surface area contributed by atoms with Gasteiger partial charge in [0.15, 0.2) is 5.03 Å². The number of nitrogens with zero attached hydrogens (tertiary/aromatic N) is 2. The van der Waals surface area contributed by atoms with Crippen LogP contribution in [-0.2, 0) is 22.5 Å². The lowest BCUT2D eigenvalue weighted by Gasteiger charge is -2.40. The fraction of sp³-hybridized carbons (Fsp3) is 0.889. The second-order valence-corrected chi connectivity index (χ2v) is 11.8. The van der Waals surface area contributed by atoms with Crippen molar-refractivity contribution in [3.63, 3.8) is 0 Å². The SMILES string of the molecule is CC(C)(C)O[Si](OC(=O)[C@@H](N)CCCN=C(N)N[N+](=O)[O-])(OC(C)(C)C)OC(C)(C)C. The minimum atomic E-state index is -3.97. The molecule has 0 amide bonds. The van der Waals surface area contributed by atoms with Gasteiger partial charge in [-0.1, -0.05) is 5.43 Å². The number of nitrogens with two attached hydrogens (primary N) is 2. The van der Waals surface area contributed by atoms with Gasteiger partial charge in [0.25, 0.3) is 5.96 Å². The minimum absolute atomic E-state index is 0.145. The predicted molar refractivity (Wildman–Crippen MR) is 118 cm³/mol. The molecule has 0 saturated carbocycles. The van der Waals surface area contributed by atoms with Gasteiger partial charge in [-0.25, -0.2) is 15.1 Å². The van der Waals surface area contributed by atoms with E-state index in [4.69, 9.17) is 29.2 Å².